The van der Waals surface area contributed by atoms with Gasteiger partial charge in [-0.1, -0.05) is 29.4 Å². The predicted molar refractivity (Wildman–Crippen MR) is 85.8 cm³/mol. The van der Waals surface area contributed by atoms with Crippen molar-refractivity contribution in [2.45, 2.75) is 31.8 Å². The number of benzene rings is 1. The molecule has 1 heterocycles. The van der Waals surface area contributed by atoms with Crippen LogP contribution in [0.5, 0.6) is 0 Å². The standard InChI is InChI=1S/C16H19N3OS/c17-16(19-20)12-5-2-1-4-11(12)10-18-14-6-3-7-15-13(14)8-9-21-15/h1-2,4-5,8-9,14,18,20H,3,6-7,10H2,(H2,17,19). The van der Waals surface area contributed by atoms with Crippen LogP contribution in [0, 0.1) is 0 Å². The van der Waals surface area contributed by atoms with E-state index < -0.39 is 0 Å². The Kier molecular flexibility index (Phi) is 4.22. The SMILES string of the molecule is NC(=NO)c1ccccc1CNC1CCCc2sccc21. The second-order valence-corrected chi connectivity index (χ2v) is 6.27. The molecule has 1 aromatic heterocycles. The summed E-state index contributed by atoms with van der Waals surface area (Å²) >= 11 is 1.85. The van der Waals surface area contributed by atoms with Crippen LogP contribution in [0.2, 0.25) is 0 Å². The number of amidine groups is 1. The summed E-state index contributed by atoms with van der Waals surface area (Å²) in [6.45, 7) is 0.715. The van der Waals surface area contributed by atoms with Crippen LogP contribution in [0.1, 0.15) is 40.5 Å². The molecule has 0 spiro atoms. The predicted octanol–water partition coefficient (Wildman–Crippen LogP) is 3.01. The Bertz CT molecular complexity index is 650. The third-order valence-corrected chi connectivity index (χ3v) is 4.99. The Morgan fingerprint density at radius 3 is 3.10 bits per heavy atom. The van der Waals surface area contributed by atoms with Crippen LogP contribution >= 0.6 is 11.3 Å². The molecule has 0 saturated heterocycles. The van der Waals surface area contributed by atoms with E-state index in [1.165, 1.54) is 23.3 Å². The van der Waals surface area contributed by atoms with E-state index in [9.17, 15) is 0 Å². The summed E-state index contributed by atoms with van der Waals surface area (Å²) in [4.78, 5) is 1.50. The molecule has 4 nitrogen and oxygen atoms in total. The molecule has 0 radical (unpaired) electrons. The Hall–Kier alpha value is -1.85. The Morgan fingerprint density at radius 2 is 2.24 bits per heavy atom. The molecular weight excluding hydrogens is 282 g/mol. The zero-order valence-electron chi connectivity index (χ0n) is 11.7. The number of fused-ring (bicyclic) bond motifs is 1. The number of hydrogen-bond donors (Lipinski definition) is 3. The number of aryl methyl sites for hydroxylation is 1. The maximum atomic E-state index is 8.88. The van der Waals surface area contributed by atoms with Crippen molar-refractivity contribution in [2.24, 2.45) is 10.9 Å². The number of rotatable bonds is 4. The number of thiophene rings is 1. The fourth-order valence-electron chi connectivity index (χ4n) is 2.91. The highest BCUT2D eigenvalue weighted by molar-refractivity contribution is 7.10. The Morgan fingerprint density at radius 1 is 1.38 bits per heavy atom. The number of hydrogen-bond acceptors (Lipinski definition) is 4. The van der Waals surface area contributed by atoms with Gasteiger partial charge in [0.05, 0.1) is 0 Å². The van der Waals surface area contributed by atoms with Crippen LogP contribution in [0.3, 0.4) is 0 Å². The highest BCUT2D eigenvalue weighted by Gasteiger charge is 2.20. The van der Waals surface area contributed by atoms with Gasteiger partial charge in [-0.3, -0.25) is 0 Å². The zero-order valence-corrected chi connectivity index (χ0v) is 12.6. The normalized spacial score (nSPS) is 18.5. The van der Waals surface area contributed by atoms with Gasteiger partial charge in [0, 0.05) is 23.0 Å². The molecule has 1 unspecified atom stereocenters. The first-order valence-electron chi connectivity index (χ1n) is 7.15. The van der Waals surface area contributed by atoms with Crippen LogP contribution in [0.15, 0.2) is 40.9 Å². The fraction of sp³-hybridized carbons (Fsp3) is 0.312. The summed E-state index contributed by atoms with van der Waals surface area (Å²) in [5.41, 5.74) is 9.01. The third kappa shape index (κ3) is 2.94. The van der Waals surface area contributed by atoms with Gasteiger partial charge < -0.3 is 16.3 Å². The second kappa shape index (κ2) is 6.28. The van der Waals surface area contributed by atoms with E-state index in [1.807, 2.05) is 35.6 Å². The molecule has 3 rings (SSSR count). The quantitative estimate of drug-likeness (QED) is 0.352. The van der Waals surface area contributed by atoms with Crippen molar-refractivity contribution in [3.05, 3.63) is 57.3 Å². The number of nitrogens with two attached hydrogens (primary N) is 1. The first-order chi connectivity index (χ1) is 10.3. The smallest absolute Gasteiger partial charge is 0.170 e. The van der Waals surface area contributed by atoms with Gasteiger partial charge in [-0.05, 0) is 41.8 Å². The molecule has 0 fully saturated rings. The minimum atomic E-state index is 0.160. The molecular formula is C16H19N3OS. The molecule has 1 atom stereocenters. The summed E-state index contributed by atoms with van der Waals surface area (Å²) in [5, 5.41) is 17.8. The lowest BCUT2D eigenvalue weighted by Crippen LogP contribution is -2.25. The van der Waals surface area contributed by atoms with Gasteiger partial charge in [0.15, 0.2) is 5.84 Å². The van der Waals surface area contributed by atoms with Gasteiger partial charge in [-0.2, -0.15) is 0 Å². The van der Waals surface area contributed by atoms with E-state index >= 15 is 0 Å². The number of nitrogens with one attached hydrogen (secondary N) is 1. The molecule has 5 heteroatoms. The van der Waals surface area contributed by atoms with E-state index in [2.05, 4.69) is 21.9 Å². The average Bonchev–Trinajstić information content (AvgIpc) is 3.01. The first kappa shape index (κ1) is 14.1. The fourth-order valence-corrected chi connectivity index (χ4v) is 3.90. The van der Waals surface area contributed by atoms with Crippen LogP contribution in [0.25, 0.3) is 0 Å². The van der Waals surface area contributed by atoms with Crippen molar-refractivity contribution in [1.29, 1.82) is 0 Å². The molecule has 0 saturated carbocycles. The lowest BCUT2D eigenvalue weighted by molar-refractivity contribution is 0.318. The summed E-state index contributed by atoms with van der Waals surface area (Å²) in [6.07, 6.45) is 3.59. The lowest BCUT2D eigenvalue weighted by Gasteiger charge is -2.24. The van der Waals surface area contributed by atoms with Gasteiger partial charge >= 0.3 is 0 Å². The number of nitrogens with zero attached hydrogens (tertiary/aromatic N) is 1. The van der Waals surface area contributed by atoms with E-state index in [0.29, 0.717) is 12.6 Å². The molecule has 1 aliphatic carbocycles. The van der Waals surface area contributed by atoms with E-state index in [4.69, 9.17) is 10.9 Å². The molecule has 0 aliphatic heterocycles. The molecule has 0 amide bonds. The van der Waals surface area contributed by atoms with Crippen molar-refractivity contribution in [3.63, 3.8) is 0 Å². The van der Waals surface area contributed by atoms with Gasteiger partial charge in [0.1, 0.15) is 0 Å². The summed E-state index contributed by atoms with van der Waals surface area (Å²) in [5.74, 6) is 0.160. The topological polar surface area (TPSA) is 70.6 Å². The maximum Gasteiger partial charge on any atom is 0.170 e. The average molecular weight is 301 g/mol. The Balaban J connectivity index is 1.75. The summed E-state index contributed by atoms with van der Waals surface area (Å²) < 4.78 is 0. The highest BCUT2D eigenvalue weighted by atomic mass is 32.1. The molecule has 4 N–H and O–H groups in total. The zero-order chi connectivity index (χ0) is 14.7. The van der Waals surface area contributed by atoms with Gasteiger partial charge in [-0.25, -0.2) is 0 Å². The minimum Gasteiger partial charge on any atom is -0.409 e. The third-order valence-electron chi connectivity index (χ3n) is 3.99. The maximum absolute atomic E-state index is 8.88. The largest absolute Gasteiger partial charge is 0.409 e. The number of oxime groups is 1. The van der Waals surface area contributed by atoms with Crippen molar-refractivity contribution in [2.75, 3.05) is 0 Å². The molecule has 2 aromatic rings. The monoisotopic (exact) mass is 301 g/mol. The first-order valence-corrected chi connectivity index (χ1v) is 8.03. The van der Waals surface area contributed by atoms with Crippen LogP contribution in [-0.4, -0.2) is 11.0 Å². The molecule has 21 heavy (non-hydrogen) atoms. The molecule has 0 bridgehead atoms. The van der Waals surface area contributed by atoms with Crippen molar-refractivity contribution in [3.8, 4) is 0 Å². The summed E-state index contributed by atoms with van der Waals surface area (Å²) in [6, 6.07) is 10.4. The van der Waals surface area contributed by atoms with Crippen molar-refractivity contribution < 1.29 is 5.21 Å². The van der Waals surface area contributed by atoms with Crippen LogP contribution < -0.4 is 11.1 Å². The van der Waals surface area contributed by atoms with E-state index in [-0.39, 0.29) is 5.84 Å². The van der Waals surface area contributed by atoms with Crippen molar-refractivity contribution >= 4 is 17.2 Å². The van der Waals surface area contributed by atoms with Crippen LogP contribution in [-0.2, 0) is 13.0 Å². The molecule has 1 aromatic carbocycles. The van der Waals surface area contributed by atoms with Gasteiger partial charge in [0.2, 0.25) is 0 Å². The van der Waals surface area contributed by atoms with E-state index in [0.717, 1.165) is 17.5 Å². The van der Waals surface area contributed by atoms with Crippen LogP contribution in [0.4, 0.5) is 0 Å². The second-order valence-electron chi connectivity index (χ2n) is 5.27. The highest BCUT2D eigenvalue weighted by Crippen LogP contribution is 2.33. The Labute approximate surface area is 128 Å². The van der Waals surface area contributed by atoms with Gasteiger partial charge in [0.25, 0.3) is 0 Å². The lowest BCUT2D eigenvalue weighted by atomic mass is 9.93. The van der Waals surface area contributed by atoms with E-state index in [1.54, 1.807) is 0 Å². The minimum absolute atomic E-state index is 0.160. The van der Waals surface area contributed by atoms with Crippen molar-refractivity contribution in [1.82, 2.24) is 5.32 Å². The summed E-state index contributed by atoms with van der Waals surface area (Å²) in [7, 11) is 0. The molecule has 110 valence electrons. The molecule has 1 aliphatic rings. The van der Waals surface area contributed by atoms with Gasteiger partial charge in [-0.15, -0.1) is 11.3 Å².